The Kier molecular flexibility index (Phi) is 18.9. The van der Waals surface area contributed by atoms with Gasteiger partial charge in [-0.25, -0.2) is 0 Å². The summed E-state index contributed by atoms with van der Waals surface area (Å²) in [6.45, 7) is 9.25. The first kappa shape index (κ1) is 31.7. The van der Waals surface area contributed by atoms with Crippen LogP contribution >= 0.6 is 0 Å². The zero-order chi connectivity index (χ0) is 25.6. The first-order valence-corrected chi connectivity index (χ1v) is 14.9. The fourth-order valence-electron chi connectivity index (χ4n) is 4.53. The highest BCUT2D eigenvalue weighted by Crippen LogP contribution is 2.27. The second-order valence-electron chi connectivity index (χ2n) is 10.8. The second-order valence-corrected chi connectivity index (χ2v) is 10.8. The molecular weight excluding hydrogens is 428 g/mol. The minimum Gasteiger partial charge on any atom is -0.377 e. The number of ether oxygens (including phenoxy) is 1. The molecule has 2 heteroatoms. The molecule has 35 heavy (non-hydrogen) atoms. The average Bonchev–Trinajstić information content (AvgIpc) is 2.86. The molecule has 0 amide bonds. The fraction of sp³-hybridized carbons (Fsp3) is 0.758. The SMILES string of the molecule is CCCCCC#CC(O)(C[C@H](CCCCCCCCCCCCC)OCc1ccccc1)C(C)C. The zero-order valence-corrected chi connectivity index (χ0v) is 23.6. The molecule has 0 saturated heterocycles. The second kappa shape index (κ2) is 20.8. The maximum atomic E-state index is 11.4. The van der Waals surface area contributed by atoms with Gasteiger partial charge in [-0.05, 0) is 24.3 Å². The normalized spacial score (nSPS) is 13.9. The van der Waals surface area contributed by atoms with E-state index in [2.05, 4.69) is 63.8 Å². The van der Waals surface area contributed by atoms with Gasteiger partial charge in [0.1, 0.15) is 5.60 Å². The number of hydrogen-bond donors (Lipinski definition) is 1. The lowest BCUT2D eigenvalue weighted by atomic mass is 9.84. The first-order valence-electron chi connectivity index (χ1n) is 14.9. The van der Waals surface area contributed by atoms with Gasteiger partial charge in [0.2, 0.25) is 0 Å². The van der Waals surface area contributed by atoms with Crippen LogP contribution in [0.3, 0.4) is 0 Å². The summed E-state index contributed by atoms with van der Waals surface area (Å²) >= 11 is 0. The molecule has 0 bridgehead atoms. The standard InChI is InChI=1S/C33H56O2/c1-5-7-9-11-12-13-14-15-16-17-22-26-32(35-29-31-24-20-19-21-25-31)28-33(34,30(3)4)27-23-18-10-8-6-2/h19-21,24-25,30,32,34H,5-18,22,26,28-29H2,1-4H3/t32-,33?/m0/s1. The Bertz CT molecular complexity index is 657. The Morgan fingerprint density at radius 1 is 0.771 bits per heavy atom. The van der Waals surface area contributed by atoms with Gasteiger partial charge in [0.15, 0.2) is 0 Å². The van der Waals surface area contributed by atoms with E-state index in [1.54, 1.807) is 0 Å². The molecule has 1 unspecified atom stereocenters. The molecule has 2 nitrogen and oxygen atoms in total. The van der Waals surface area contributed by atoms with Gasteiger partial charge in [0.25, 0.3) is 0 Å². The number of rotatable bonds is 21. The van der Waals surface area contributed by atoms with Gasteiger partial charge in [-0.3, -0.25) is 0 Å². The number of benzene rings is 1. The van der Waals surface area contributed by atoms with Crippen LogP contribution < -0.4 is 0 Å². The number of hydrogen-bond acceptors (Lipinski definition) is 2. The van der Waals surface area contributed by atoms with Gasteiger partial charge >= 0.3 is 0 Å². The van der Waals surface area contributed by atoms with E-state index in [1.165, 1.54) is 82.6 Å². The molecule has 1 aromatic rings. The Hall–Kier alpha value is -1.30. The summed E-state index contributed by atoms with van der Waals surface area (Å²) in [6, 6.07) is 10.4. The van der Waals surface area contributed by atoms with E-state index in [4.69, 9.17) is 4.74 Å². The van der Waals surface area contributed by atoms with E-state index < -0.39 is 5.60 Å². The molecule has 1 aromatic carbocycles. The highest BCUT2D eigenvalue weighted by molar-refractivity contribution is 5.16. The predicted octanol–water partition coefficient (Wildman–Crippen LogP) is 9.63. The largest absolute Gasteiger partial charge is 0.377 e. The Morgan fingerprint density at radius 3 is 1.89 bits per heavy atom. The van der Waals surface area contributed by atoms with Crippen molar-refractivity contribution in [1.29, 1.82) is 0 Å². The minimum atomic E-state index is -0.981. The van der Waals surface area contributed by atoms with Crippen molar-refractivity contribution >= 4 is 0 Å². The topological polar surface area (TPSA) is 29.5 Å². The van der Waals surface area contributed by atoms with Crippen molar-refractivity contribution in [3.63, 3.8) is 0 Å². The summed E-state index contributed by atoms with van der Waals surface area (Å²) in [7, 11) is 0. The fourth-order valence-corrected chi connectivity index (χ4v) is 4.53. The molecule has 0 fully saturated rings. The van der Waals surface area contributed by atoms with Crippen LogP contribution in [0.4, 0.5) is 0 Å². The van der Waals surface area contributed by atoms with Crippen molar-refractivity contribution in [2.45, 2.75) is 155 Å². The van der Waals surface area contributed by atoms with E-state index in [1.807, 2.05) is 6.07 Å². The molecule has 1 rings (SSSR count). The molecule has 0 aliphatic rings. The molecule has 0 aliphatic heterocycles. The Balaban J connectivity index is 2.52. The summed E-state index contributed by atoms with van der Waals surface area (Å²) in [5.74, 6) is 6.61. The monoisotopic (exact) mass is 484 g/mol. The van der Waals surface area contributed by atoms with Gasteiger partial charge < -0.3 is 9.84 Å². The summed E-state index contributed by atoms with van der Waals surface area (Å²) in [6.07, 6.45) is 20.8. The lowest BCUT2D eigenvalue weighted by Crippen LogP contribution is -2.38. The molecule has 0 heterocycles. The van der Waals surface area contributed by atoms with Crippen LogP contribution in [-0.4, -0.2) is 16.8 Å². The highest BCUT2D eigenvalue weighted by atomic mass is 16.5. The van der Waals surface area contributed by atoms with E-state index in [0.29, 0.717) is 13.0 Å². The molecule has 0 spiro atoms. The lowest BCUT2D eigenvalue weighted by molar-refractivity contribution is -0.0411. The lowest BCUT2D eigenvalue weighted by Gasteiger charge is -2.31. The van der Waals surface area contributed by atoms with E-state index in [9.17, 15) is 5.11 Å². The van der Waals surface area contributed by atoms with Crippen LogP contribution in [0.15, 0.2) is 30.3 Å². The molecule has 1 N–H and O–H groups in total. The number of aliphatic hydroxyl groups is 1. The van der Waals surface area contributed by atoms with Gasteiger partial charge in [0.05, 0.1) is 12.7 Å². The molecule has 0 aliphatic carbocycles. The van der Waals surface area contributed by atoms with Gasteiger partial charge in [0, 0.05) is 12.8 Å². The summed E-state index contributed by atoms with van der Waals surface area (Å²) < 4.78 is 6.38. The van der Waals surface area contributed by atoms with Crippen molar-refractivity contribution < 1.29 is 9.84 Å². The minimum absolute atomic E-state index is 0.0334. The molecule has 200 valence electrons. The molecule has 2 atom stereocenters. The maximum absolute atomic E-state index is 11.4. The van der Waals surface area contributed by atoms with Crippen molar-refractivity contribution in [3.8, 4) is 11.8 Å². The van der Waals surface area contributed by atoms with Gasteiger partial charge in [-0.15, -0.1) is 5.92 Å². The van der Waals surface area contributed by atoms with E-state index >= 15 is 0 Å². The van der Waals surface area contributed by atoms with Crippen LogP contribution in [0.5, 0.6) is 0 Å². The van der Waals surface area contributed by atoms with Crippen LogP contribution in [0.25, 0.3) is 0 Å². The van der Waals surface area contributed by atoms with Crippen molar-refractivity contribution in [1.82, 2.24) is 0 Å². The van der Waals surface area contributed by atoms with Crippen LogP contribution in [-0.2, 0) is 11.3 Å². The van der Waals surface area contributed by atoms with Crippen LogP contribution in [0, 0.1) is 17.8 Å². The Morgan fingerprint density at radius 2 is 1.31 bits per heavy atom. The van der Waals surface area contributed by atoms with Crippen molar-refractivity contribution in [3.05, 3.63) is 35.9 Å². The predicted molar refractivity (Wildman–Crippen MR) is 152 cm³/mol. The summed E-state index contributed by atoms with van der Waals surface area (Å²) in [5, 5.41) is 11.4. The summed E-state index contributed by atoms with van der Waals surface area (Å²) in [4.78, 5) is 0. The highest BCUT2D eigenvalue weighted by Gasteiger charge is 2.32. The third-order valence-electron chi connectivity index (χ3n) is 7.16. The third-order valence-corrected chi connectivity index (χ3v) is 7.16. The van der Waals surface area contributed by atoms with Gasteiger partial charge in [-0.1, -0.05) is 147 Å². The average molecular weight is 485 g/mol. The van der Waals surface area contributed by atoms with Crippen molar-refractivity contribution in [2.75, 3.05) is 0 Å². The molecule has 0 radical (unpaired) electrons. The zero-order valence-electron chi connectivity index (χ0n) is 23.6. The molecule has 0 aromatic heterocycles. The first-order chi connectivity index (χ1) is 17.0. The third kappa shape index (κ3) is 16.1. The Labute approximate surface area is 218 Å². The van der Waals surface area contributed by atoms with Gasteiger partial charge in [-0.2, -0.15) is 0 Å². The molecular formula is C33H56O2. The van der Waals surface area contributed by atoms with Crippen molar-refractivity contribution in [2.24, 2.45) is 5.92 Å². The smallest absolute Gasteiger partial charge is 0.130 e. The van der Waals surface area contributed by atoms with E-state index in [0.717, 1.165) is 25.7 Å². The molecule has 0 saturated carbocycles. The quantitative estimate of drug-likeness (QED) is 0.139. The van der Waals surface area contributed by atoms with E-state index in [-0.39, 0.29) is 12.0 Å². The summed E-state index contributed by atoms with van der Waals surface area (Å²) in [5.41, 5.74) is 0.209. The number of unbranched alkanes of at least 4 members (excludes halogenated alkanes) is 13. The maximum Gasteiger partial charge on any atom is 0.130 e. The van der Waals surface area contributed by atoms with Crippen LogP contribution in [0.2, 0.25) is 0 Å². The van der Waals surface area contributed by atoms with Crippen LogP contribution in [0.1, 0.15) is 142 Å².